The lowest BCUT2D eigenvalue weighted by Crippen LogP contribution is -2.32. The highest BCUT2D eigenvalue weighted by Gasteiger charge is 2.10. The van der Waals surface area contributed by atoms with E-state index in [0.29, 0.717) is 6.54 Å². The Labute approximate surface area is 193 Å². The number of hydrogen-bond donors (Lipinski definition) is 2. The van der Waals surface area contributed by atoms with Crippen molar-refractivity contribution in [2.24, 2.45) is 0 Å². The van der Waals surface area contributed by atoms with Gasteiger partial charge in [-0.2, -0.15) is 0 Å². The zero-order chi connectivity index (χ0) is 22.5. The Kier molecular flexibility index (Phi) is 6.47. The number of rotatable bonds is 9. The molecule has 166 valence electrons. The van der Waals surface area contributed by atoms with E-state index in [1.165, 1.54) is 16.3 Å². The minimum atomic E-state index is -0.563. The van der Waals surface area contributed by atoms with Crippen LogP contribution in [-0.4, -0.2) is 35.9 Å². The summed E-state index contributed by atoms with van der Waals surface area (Å²) in [4.78, 5) is 4.81. The van der Waals surface area contributed by atoms with Crippen molar-refractivity contribution in [3.63, 3.8) is 0 Å². The van der Waals surface area contributed by atoms with Gasteiger partial charge in [0.05, 0.1) is 11.0 Å². The monoisotopic (exact) mass is 436 g/mol. The molecule has 2 N–H and O–H groups in total. The first-order chi connectivity index (χ1) is 16.3. The van der Waals surface area contributed by atoms with Gasteiger partial charge in [0.15, 0.2) is 0 Å². The quantitative estimate of drug-likeness (QED) is 0.237. The van der Waals surface area contributed by atoms with Crippen molar-refractivity contribution in [1.82, 2.24) is 10.3 Å². The fraction of sp³-hybridized carbons (Fsp3) is 0.207. The van der Waals surface area contributed by atoms with E-state index in [2.05, 4.69) is 53.8 Å². The third-order valence-electron chi connectivity index (χ3n) is 6.04. The van der Waals surface area contributed by atoms with Gasteiger partial charge in [0.1, 0.15) is 18.5 Å². The summed E-state index contributed by atoms with van der Waals surface area (Å²) >= 11 is 0. The number of ether oxygens (including phenoxy) is 1. The maximum atomic E-state index is 10.4. The van der Waals surface area contributed by atoms with Crippen molar-refractivity contribution in [2.75, 3.05) is 19.7 Å². The van der Waals surface area contributed by atoms with Crippen LogP contribution in [0.2, 0.25) is 0 Å². The van der Waals surface area contributed by atoms with Crippen molar-refractivity contribution in [2.45, 2.75) is 18.9 Å². The lowest BCUT2D eigenvalue weighted by Gasteiger charge is -2.15. The highest BCUT2D eigenvalue weighted by molar-refractivity contribution is 5.97. The van der Waals surface area contributed by atoms with Gasteiger partial charge in [0.2, 0.25) is 0 Å². The second-order valence-corrected chi connectivity index (χ2v) is 8.37. The molecule has 0 aliphatic rings. The first-order valence-corrected chi connectivity index (χ1v) is 11.6. The van der Waals surface area contributed by atoms with Gasteiger partial charge < -0.3 is 15.2 Å². The van der Waals surface area contributed by atoms with Crippen molar-refractivity contribution in [3.8, 4) is 5.75 Å². The SMILES string of the molecule is OC(CNCCCc1c2ccccc2nc2ccccc12)COc1cccc2ccccc12. The van der Waals surface area contributed by atoms with Crippen LogP contribution in [0.3, 0.4) is 0 Å². The molecule has 1 heterocycles. The molecule has 0 fully saturated rings. The summed E-state index contributed by atoms with van der Waals surface area (Å²) in [6.45, 7) is 1.60. The predicted octanol–water partition coefficient (Wildman–Crippen LogP) is 5.50. The molecule has 0 aliphatic carbocycles. The number of aliphatic hydroxyl groups is 1. The average Bonchev–Trinajstić information content (AvgIpc) is 2.86. The van der Waals surface area contributed by atoms with Gasteiger partial charge in [0, 0.05) is 22.7 Å². The highest BCUT2D eigenvalue weighted by atomic mass is 16.5. The lowest BCUT2D eigenvalue weighted by atomic mass is 9.99. The Morgan fingerprint density at radius 2 is 1.39 bits per heavy atom. The fourth-order valence-corrected chi connectivity index (χ4v) is 4.42. The average molecular weight is 437 g/mol. The van der Waals surface area contributed by atoms with Gasteiger partial charge in [-0.3, -0.25) is 0 Å². The molecule has 0 saturated carbocycles. The van der Waals surface area contributed by atoms with Gasteiger partial charge in [-0.05, 0) is 48.5 Å². The number of aliphatic hydroxyl groups excluding tert-OH is 1. The number of pyridine rings is 1. The molecule has 0 saturated heterocycles. The molecule has 5 aromatic rings. The molecule has 0 bridgehead atoms. The summed E-state index contributed by atoms with van der Waals surface area (Å²) in [6.07, 6.45) is 1.38. The van der Waals surface area contributed by atoms with E-state index in [9.17, 15) is 5.11 Å². The van der Waals surface area contributed by atoms with Gasteiger partial charge in [-0.25, -0.2) is 4.98 Å². The lowest BCUT2D eigenvalue weighted by molar-refractivity contribution is 0.107. The zero-order valence-corrected chi connectivity index (χ0v) is 18.6. The van der Waals surface area contributed by atoms with Gasteiger partial charge >= 0.3 is 0 Å². The molecule has 0 aliphatic heterocycles. The number of nitrogens with zero attached hydrogens (tertiary/aromatic N) is 1. The van der Waals surface area contributed by atoms with E-state index < -0.39 is 6.10 Å². The normalized spacial score (nSPS) is 12.4. The number of aryl methyl sites for hydroxylation is 1. The molecular formula is C29H28N2O2. The van der Waals surface area contributed by atoms with E-state index in [1.54, 1.807) is 0 Å². The molecule has 1 atom stereocenters. The molecule has 4 nitrogen and oxygen atoms in total. The Hall–Kier alpha value is -3.47. The standard InChI is InChI=1S/C29H28N2O2/c32-22(20-33-29-17-7-10-21-9-1-2-11-23(21)29)19-30-18-8-14-24-25-12-3-5-15-27(25)31-28-16-6-4-13-26(24)28/h1-7,9-13,15-17,22,30,32H,8,14,18-20H2. The second-order valence-electron chi connectivity index (χ2n) is 8.37. The molecule has 0 spiro atoms. The van der Waals surface area contributed by atoms with Crippen molar-refractivity contribution < 1.29 is 9.84 Å². The van der Waals surface area contributed by atoms with Crippen molar-refractivity contribution >= 4 is 32.6 Å². The summed E-state index contributed by atoms with van der Waals surface area (Å²) < 4.78 is 5.91. The molecule has 0 radical (unpaired) electrons. The largest absolute Gasteiger partial charge is 0.490 e. The summed E-state index contributed by atoms with van der Waals surface area (Å²) in [5, 5.41) is 18.4. The molecule has 33 heavy (non-hydrogen) atoms. The van der Waals surface area contributed by atoms with E-state index in [0.717, 1.165) is 46.9 Å². The van der Waals surface area contributed by atoms with Crippen LogP contribution in [0, 0.1) is 0 Å². The van der Waals surface area contributed by atoms with E-state index in [-0.39, 0.29) is 6.61 Å². The number of nitrogens with one attached hydrogen (secondary N) is 1. The number of aromatic nitrogens is 1. The van der Waals surface area contributed by atoms with Gasteiger partial charge in [0.25, 0.3) is 0 Å². The highest BCUT2D eigenvalue weighted by Crippen LogP contribution is 2.27. The van der Waals surface area contributed by atoms with Crippen LogP contribution in [-0.2, 0) is 6.42 Å². The first kappa shape index (κ1) is 21.4. The number of benzene rings is 4. The van der Waals surface area contributed by atoms with Crippen LogP contribution in [0.4, 0.5) is 0 Å². The van der Waals surface area contributed by atoms with Crippen molar-refractivity contribution in [3.05, 3.63) is 96.6 Å². The molecule has 1 unspecified atom stereocenters. The van der Waals surface area contributed by atoms with Crippen LogP contribution < -0.4 is 10.1 Å². The zero-order valence-electron chi connectivity index (χ0n) is 18.6. The summed E-state index contributed by atoms with van der Waals surface area (Å²) in [5.41, 5.74) is 3.43. The molecule has 4 aromatic carbocycles. The van der Waals surface area contributed by atoms with Gasteiger partial charge in [-0.1, -0.05) is 72.8 Å². The molecular weight excluding hydrogens is 408 g/mol. The number of hydrogen-bond acceptors (Lipinski definition) is 4. The number of fused-ring (bicyclic) bond motifs is 3. The first-order valence-electron chi connectivity index (χ1n) is 11.6. The minimum Gasteiger partial charge on any atom is -0.490 e. The minimum absolute atomic E-state index is 0.265. The maximum absolute atomic E-state index is 10.4. The van der Waals surface area contributed by atoms with Crippen LogP contribution in [0.1, 0.15) is 12.0 Å². The fourth-order valence-electron chi connectivity index (χ4n) is 4.42. The molecule has 4 heteroatoms. The predicted molar refractivity (Wildman–Crippen MR) is 136 cm³/mol. The Balaban J connectivity index is 1.15. The van der Waals surface area contributed by atoms with E-state index in [1.807, 2.05) is 42.5 Å². The van der Waals surface area contributed by atoms with Crippen LogP contribution >= 0.6 is 0 Å². The van der Waals surface area contributed by atoms with Crippen LogP contribution in [0.15, 0.2) is 91.0 Å². The topological polar surface area (TPSA) is 54.4 Å². The van der Waals surface area contributed by atoms with E-state index in [4.69, 9.17) is 9.72 Å². The summed E-state index contributed by atoms with van der Waals surface area (Å²) in [7, 11) is 0. The smallest absolute Gasteiger partial charge is 0.127 e. The number of para-hydroxylation sites is 2. The van der Waals surface area contributed by atoms with E-state index >= 15 is 0 Å². The third-order valence-corrected chi connectivity index (χ3v) is 6.04. The summed E-state index contributed by atoms with van der Waals surface area (Å²) in [5.74, 6) is 0.809. The third kappa shape index (κ3) is 4.82. The maximum Gasteiger partial charge on any atom is 0.127 e. The molecule has 5 rings (SSSR count). The van der Waals surface area contributed by atoms with Crippen molar-refractivity contribution in [1.29, 1.82) is 0 Å². The molecule has 1 aromatic heterocycles. The second kappa shape index (κ2) is 9.99. The van der Waals surface area contributed by atoms with Crippen LogP contribution in [0.5, 0.6) is 5.75 Å². The summed E-state index contributed by atoms with van der Waals surface area (Å²) in [6, 6.07) is 30.8. The Morgan fingerprint density at radius 3 is 2.15 bits per heavy atom. The van der Waals surface area contributed by atoms with Crippen LogP contribution in [0.25, 0.3) is 32.6 Å². The Morgan fingerprint density at radius 1 is 0.758 bits per heavy atom. The molecule has 0 amide bonds. The van der Waals surface area contributed by atoms with Gasteiger partial charge in [-0.15, -0.1) is 0 Å². The Bertz CT molecular complexity index is 1320.